The first-order valence-electron chi connectivity index (χ1n) is 5.58. The molecule has 2 aromatic carbocycles. The highest BCUT2D eigenvalue weighted by molar-refractivity contribution is 5.60. The molecule has 0 saturated carbocycles. The van der Waals surface area contributed by atoms with Crippen LogP contribution in [0.4, 0.5) is 11.4 Å². The molecule has 0 spiro atoms. The average molecular weight is 212 g/mol. The summed E-state index contributed by atoms with van der Waals surface area (Å²) in [5.41, 5.74) is 3.97. The molecule has 0 radical (unpaired) electrons. The minimum Gasteiger partial charge on any atom is -0.263 e. The third kappa shape index (κ3) is 1.86. The minimum absolute atomic E-state index is 0.785. The second kappa shape index (κ2) is 4.11. The Morgan fingerprint density at radius 1 is 0.750 bits per heavy atom. The lowest BCUT2D eigenvalue weighted by atomic mass is 10.1. The molecule has 0 atom stereocenters. The molecule has 2 aromatic rings. The average Bonchev–Trinajstić information content (AvgIpc) is 2.30. The summed E-state index contributed by atoms with van der Waals surface area (Å²) in [6.45, 7) is 2.16. The van der Waals surface area contributed by atoms with Crippen molar-refractivity contribution in [2.45, 2.75) is 6.92 Å². The molecule has 1 nitrogen and oxygen atoms in total. The molecule has 0 N–H and O–H groups in total. The smallest absolute Gasteiger partial charge is 0.140 e. The molecule has 2 rings (SSSR count). The highest BCUT2D eigenvalue weighted by Crippen LogP contribution is 2.32. The number of benzene rings is 2. The molecule has 82 valence electrons. The van der Waals surface area contributed by atoms with Crippen molar-refractivity contribution in [2.75, 3.05) is 14.1 Å². The normalized spacial score (nSPS) is 11.4. The van der Waals surface area contributed by atoms with Crippen LogP contribution in [0.15, 0.2) is 54.6 Å². The topological polar surface area (TPSA) is 0 Å². The van der Waals surface area contributed by atoms with Crippen LogP contribution >= 0.6 is 0 Å². The van der Waals surface area contributed by atoms with E-state index in [4.69, 9.17) is 0 Å². The number of rotatable bonds is 2. The Hall–Kier alpha value is -1.60. The highest BCUT2D eigenvalue weighted by atomic mass is 15.3. The van der Waals surface area contributed by atoms with E-state index in [9.17, 15) is 0 Å². The summed E-state index contributed by atoms with van der Waals surface area (Å²) in [6.07, 6.45) is 0. The van der Waals surface area contributed by atoms with E-state index >= 15 is 0 Å². The SMILES string of the molecule is Cc1ccccc1[N+](C)(C)c1ccccc1. The molecule has 0 saturated heterocycles. The van der Waals surface area contributed by atoms with Gasteiger partial charge in [0, 0.05) is 5.56 Å². The monoisotopic (exact) mass is 212 g/mol. The van der Waals surface area contributed by atoms with Gasteiger partial charge < -0.3 is 0 Å². The van der Waals surface area contributed by atoms with Crippen molar-refractivity contribution >= 4 is 11.4 Å². The van der Waals surface area contributed by atoms with Crippen molar-refractivity contribution in [1.29, 1.82) is 0 Å². The Morgan fingerprint density at radius 2 is 1.31 bits per heavy atom. The van der Waals surface area contributed by atoms with Crippen LogP contribution in [0, 0.1) is 6.92 Å². The summed E-state index contributed by atoms with van der Waals surface area (Å²) in [6, 6.07) is 19.1. The molecule has 0 unspecified atom stereocenters. The number of nitrogens with zero attached hydrogens (tertiary/aromatic N) is 1. The van der Waals surface area contributed by atoms with Crippen molar-refractivity contribution < 1.29 is 0 Å². The summed E-state index contributed by atoms with van der Waals surface area (Å²) in [5, 5.41) is 0. The fourth-order valence-corrected chi connectivity index (χ4v) is 2.13. The number of hydrogen-bond acceptors (Lipinski definition) is 0. The largest absolute Gasteiger partial charge is 0.263 e. The lowest BCUT2D eigenvalue weighted by molar-refractivity contribution is 0.552. The second-order valence-electron chi connectivity index (χ2n) is 4.58. The van der Waals surface area contributed by atoms with Gasteiger partial charge in [-0.2, -0.15) is 0 Å². The lowest BCUT2D eigenvalue weighted by Crippen LogP contribution is -2.34. The van der Waals surface area contributed by atoms with Crippen LogP contribution in [0.25, 0.3) is 0 Å². The molecule has 0 heterocycles. The van der Waals surface area contributed by atoms with Crippen molar-refractivity contribution in [2.24, 2.45) is 0 Å². The van der Waals surface area contributed by atoms with Gasteiger partial charge in [0.15, 0.2) is 0 Å². The van der Waals surface area contributed by atoms with E-state index in [2.05, 4.69) is 75.6 Å². The highest BCUT2D eigenvalue weighted by Gasteiger charge is 2.23. The fraction of sp³-hybridized carbons (Fsp3) is 0.200. The van der Waals surface area contributed by atoms with Crippen LogP contribution in [-0.4, -0.2) is 14.1 Å². The number of hydrogen-bond donors (Lipinski definition) is 0. The molecule has 0 aliphatic carbocycles. The van der Waals surface area contributed by atoms with Crippen LogP contribution in [0.2, 0.25) is 0 Å². The first kappa shape index (κ1) is 10.9. The first-order chi connectivity index (χ1) is 7.62. The number of para-hydroxylation sites is 2. The van der Waals surface area contributed by atoms with Gasteiger partial charge in [0.1, 0.15) is 11.4 Å². The van der Waals surface area contributed by atoms with Crippen LogP contribution in [0.5, 0.6) is 0 Å². The molecule has 0 bridgehead atoms. The molecule has 0 aromatic heterocycles. The number of quaternary nitrogens is 1. The Bertz CT molecular complexity index is 472. The first-order valence-corrected chi connectivity index (χ1v) is 5.58. The standard InChI is InChI=1S/C15H18N/c1-13-9-7-8-12-15(13)16(2,3)14-10-5-4-6-11-14/h4-12H,1-3H3/q+1. The van der Waals surface area contributed by atoms with Gasteiger partial charge in [-0.3, -0.25) is 4.48 Å². The Morgan fingerprint density at radius 3 is 1.94 bits per heavy atom. The maximum Gasteiger partial charge on any atom is 0.140 e. The van der Waals surface area contributed by atoms with E-state index < -0.39 is 0 Å². The zero-order valence-corrected chi connectivity index (χ0v) is 10.1. The van der Waals surface area contributed by atoms with Gasteiger partial charge in [-0.05, 0) is 25.1 Å². The second-order valence-corrected chi connectivity index (χ2v) is 4.58. The van der Waals surface area contributed by atoms with Gasteiger partial charge in [-0.25, -0.2) is 0 Å². The zero-order chi connectivity index (χ0) is 11.6. The van der Waals surface area contributed by atoms with E-state index in [-0.39, 0.29) is 0 Å². The molecule has 0 aliphatic rings. The molecule has 0 amide bonds. The van der Waals surface area contributed by atoms with E-state index in [1.807, 2.05) is 0 Å². The van der Waals surface area contributed by atoms with E-state index in [0.29, 0.717) is 0 Å². The Balaban J connectivity index is 2.51. The molecule has 0 fully saturated rings. The third-order valence-electron chi connectivity index (χ3n) is 3.12. The van der Waals surface area contributed by atoms with Crippen molar-refractivity contribution in [3.05, 3.63) is 60.2 Å². The Kier molecular flexibility index (Phi) is 2.80. The third-order valence-corrected chi connectivity index (χ3v) is 3.12. The maximum atomic E-state index is 2.22. The predicted octanol–water partition coefficient (Wildman–Crippen LogP) is 3.89. The van der Waals surface area contributed by atoms with Crippen molar-refractivity contribution in [3.8, 4) is 0 Å². The fourth-order valence-electron chi connectivity index (χ4n) is 2.13. The predicted molar refractivity (Wildman–Crippen MR) is 70.9 cm³/mol. The molecule has 0 aliphatic heterocycles. The summed E-state index contributed by atoms with van der Waals surface area (Å²) in [4.78, 5) is 0. The van der Waals surface area contributed by atoms with E-state index in [1.165, 1.54) is 16.9 Å². The van der Waals surface area contributed by atoms with Crippen LogP contribution < -0.4 is 4.48 Å². The van der Waals surface area contributed by atoms with Crippen LogP contribution in [0.1, 0.15) is 5.56 Å². The molecule has 1 heteroatoms. The quantitative estimate of drug-likeness (QED) is 0.662. The Labute approximate surface area is 97.6 Å². The van der Waals surface area contributed by atoms with Gasteiger partial charge in [0.2, 0.25) is 0 Å². The van der Waals surface area contributed by atoms with Gasteiger partial charge in [-0.1, -0.05) is 36.4 Å². The molecular formula is C15H18N+. The summed E-state index contributed by atoms with van der Waals surface area (Å²) >= 11 is 0. The van der Waals surface area contributed by atoms with Gasteiger partial charge in [0.25, 0.3) is 0 Å². The zero-order valence-electron chi connectivity index (χ0n) is 10.1. The minimum atomic E-state index is 0.785. The van der Waals surface area contributed by atoms with Crippen LogP contribution in [0.3, 0.4) is 0 Å². The van der Waals surface area contributed by atoms with Crippen molar-refractivity contribution in [1.82, 2.24) is 4.48 Å². The molecular weight excluding hydrogens is 194 g/mol. The van der Waals surface area contributed by atoms with Crippen molar-refractivity contribution in [3.63, 3.8) is 0 Å². The van der Waals surface area contributed by atoms with E-state index in [1.54, 1.807) is 0 Å². The summed E-state index contributed by atoms with van der Waals surface area (Å²) in [7, 11) is 4.44. The van der Waals surface area contributed by atoms with Crippen LogP contribution in [-0.2, 0) is 0 Å². The summed E-state index contributed by atoms with van der Waals surface area (Å²) < 4.78 is 0.785. The van der Waals surface area contributed by atoms with Gasteiger partial charge >= 0.3 is 0 Å². The van der Waals surface area contributed by atoms with E-state index in [0.717, 1.165) is 4.48 Å². The van der Waals surface area contributed by atoms with Gasteiger partial charge in [0.05, 0.1) is 14.1 Å². The lowest BCUT2D eigenvalue weighted by Gasteiger charge is -2.30. The van der Waals surface area contributed by atoms with Gasteiger partial charge in [-0.15, -0.1) is 0 Å². The number of aryl methyl sites for hydroxylation is 1. The summed E-state index contributed by atoms with van der Waals surface area (Å²) in [5.74, 6) is 0. The molecule has 16 heavy (non-hydrogen) atoms. The maximum absolute atomic E-state index is 2.22.